The van der Waals surface area contributed by atoms with Gasteiger partial charge in [-0.05, 0) is 25.3 Å². The molecule has 1 rings (SSSR count). The van der Waals surface area contributed by atoms with E-state index in [0.717, 1.165) is 6.42 Å². The van der Waals surface area contributed by atoms with Crippen LogP contribution in [0.5, 0.6) is 0 Å². The van der Waals surface area contributed by atoms with E-state index < -0.39 is 0 Å². The van der Waals surface area contributed by atoms with E-state index in [1.165, 1.54) is 6.20 Å². The van der Waals surface area contributed by atoms with E-state index in [0.29, 0.717) is 17.2 Å². The average molecular weight is 221 g/mol. The van der Waals surface area contributed by atoms with Crippen LogP contribution >= 0.6 is 0 Å². The Bertz CT molecular complexity index is 363. The summed E-state index contributed by atoms with van der Waals surface area (Å²) in [5.74, 6) is 0.429. The zero-order chi connectivity index (χ0) is 12.1. The zero-order valence-electron chi connectivity index (χ0n) is 10.0. The molecule has 0 saturated carbocycles. The third-order valence-electron chi connectivity index (χ3n) is 2.30. The largest absolute Gasteiger partial charge is 0.397 e. The Morgan fingerprint density at radius 1 is 1.50 bits per heavy atom. The van der Waals surface area contributed by atoms with Crippen LogP contribution in [0.4, 0.5) is 5.69 Å². The number of nitrogen functional groups attached to an aromatic ring is 1. The van der Waals surface area contributed by atoms with E-state index in [1.807, 2.05) is 6.92 Å². The summed E-state index contributed by atoms with van der Waals surface area (Å²) in [5.41, 5.74) is 6.58. The second-order valence-corrected chi connectivity index (χ2v) is 4.47. The van der Waals surface area contributed by atoms with Gasteiger partial charge in [0.15, 0.2) is 0 Å². The van der Waals surface area contributed by atoms with Gasteiger partial charge >= 0.3 is 0 Å². The van der Waals surface area contributed by atoms with E-state index in [9.17, 15) is 4.79 Å². The van der Waals surface area contributed by atoms with E-state index in [-0.39, 0.29) is 11.9 Å². The summed E-state index contributed by atoms with van der Waals surface area (Å²) in [6, 6.07) is 1.78. The molecule has 1 aromatic rings. The molecule has 0 aromatic carbocycles. The molecule has 0 aliphatic heterocycles. The number of amides is 1. The van der Waals surface area contributed by atoms with Crippen LogP contribution in [0.15, 0.2) is 18.5 Å². The lowest BCUT2D eigenvalue weighted by Gasteiger charge is -2.16. The first-order valence-corrected chi connectivity index (χ1v) is 5.51. The lowest BCUT2D eigenvalue weighted by molar-refractivity contribution is 0.0937. The molecular weight excluding hydrogens is 202 g/mol. The predicted octanol–water partition coefficient (Wildman–Crippen LogP) is 1.83. The first-order chi connectivity index (χ1) is 7.50. The van der Waals surface area contributed by atoms with Gasteiger partial charge in [0, 0.05) is 12.2 Å². The van der Waals surface area contributed by atoms with E-state index in [1.54, 1.807) is 12.3 Å². The number of aromatic nitrogens is 1. The quantitative estimate of drug-likeness (QED) is 0.815. The van der Waals surface area contributed by atoms with Crippen LogP contribution in [-0.2, 0) is 0 Å². The van der Waals surface area contributed by atoms with E-state index in [4.69, 9.17) is 5.73 Å². The molecule has 1 amide bonds. The Balaban J connectivity index is 2.63. The van der Waals surface area contributed by atoms with Crippen LogP contribution in [-0.4, -0.2) is 16.9 Å². The van der Waals surface area contributed by atoms with Crippen molar-refractivity contribution < 1.29 is 4.79 Å². The number of carbonyl (C=O) groups is 1. The van der Waals surface area contributed by atoms with Gasteiger partial charge in [-0.1, -0.05) is 13.8 Å². The Labute approximate surface area is 96.3 Å². The molecule has 1 atom stereocenters. The third-order valence-corrected chi connectivity index (χ3v) is 2.30. The second-order valence-electron chi connectivity index (χ2n) is 4.47. The van der Waals surface area contributed by atoms with Crippen LogP contribution in [0, 0.1) is 5.92 Å². The first kappa shape index (κ1) is 12.5. The van der Waals surface area contributed by atoms with Crippen LogP contribution < -0.4 is 11.1 Å². The van der Waals surface area contributed by atoms with E-state index >= 15 is 0 Å². The van der Waals surface area contributed by atoms with Gasteiger partial charge in [0.05, 0.1) is 17.4 Å². The molecule has 0 fully saturated rings. The Hall–Kier alpha value is -1.58. The minimum Gasteiger partial charge on any atom is -0.397 e. The molecule has 88 valence electrons. The number of hydrogen-bond donors (Lipinski definition) is 2. The van der Waals surface area contributed by atoms with Crippen molar-refractivity contribution in [3.05, 3.63) is 24.0 Å². The molecule has 3 N–H and O–H groups in total. The van der Waals surface area contributed by atoms with Crippen molar-refractivity contribution in [3.8, 4) is 0 Å². The van der Waals surface area contributed by atoms with Crippen LogP contribution in [0.1, 0.15) is 37.6 Å². The summed E-state index contributed by atoms with van der Waals surface area (Å²) in [4.78, 5) is 15.7. The van der Waals surface area contributed by atoms with Gasteiger partial charge in [-0.2, -0.15) is 0 Å². The highest BCUT2D eigenvalue weighted by atomic mass is 16.1. The van der Waals surface area contributed by atoms with Crippen molar-refractivity contribution in [2.45, 2.75) is 33.2 Å². The van der Waals surface area contributed by atoms with Crippen molar-refractivity contribution in [1.82, 2.24) is 10.3 Å². The predicted molar refractivity (Wildman–Crippen MR) is 65.0 cm³/mol. The highest BCUT2D eigenvalue weighted by molar-refractivity contribution is 5.98. The summed E-state index contributed by atoms with van der Waals surface area (Å²) < 4.78 is 0. The molecule has 0 saturated heterocycles. The molecule has 16 heavy (non-hydrogen) atoms. The monoisotopic (exact) mass is 221 g/mol. The third kappa shape index (κ3) is 3.53. The number of nitrogens with zero attached hydrogens (tertiary/aromatic N) is 1. The molecule has 4 nitrogen and oxygen atoms in total. The van der Waals surface area contributed by atoms with Gasteiger partial charge < -0.3 is 11.1 Å². The highest BCUT2D eigenvalue weighted by Crippen LogP contribution is 2.10. The Morgan fingerprint density at radius 3 is 2.75 bits per heavy atom. The number of hydrogen-bond acceptors (Lipinski definition) is 3. The van der Waals surface area contributed by atoms with Gasteiger partial charge in [-0.15, -0.1) is 0 Å². The maximum Gasteiger partial charge on any atom is 0.253 e. The number of anilines is 1. The minimum absolute atomic E-state index is 0.131. The molecule has 4 heteroatoms. The van der Waals surface area contributed by atoms with Gasteiger partial charge in [-0.3, -0.25) is 9.78 Å². The van der Waals surface area contributed by atoms with Crippen LogP contribution in [0.3, 0.4) is 0 Å². The highest BCUT2D eigenvalue weighted by Gasteiger charge is 2.12. The van der Waals surface area contributed by atoms with Crippen molar-refractivity contribution in [1.29, 1.82) is 0 Å². The standard InChI is InChI=1S/C12H19N3O/c1-8(2)6-9(3)15-12(16)10-4-5-14-7-11(10)13/h4-5,7-9H,6,13H2,1-3H3,(H,15,16). The number of rotatable bonds is 4. The fourth-order valence-electron chi connectivity index (χ4n) is 1.68. The lowest BCUT2D eigenvalue weighted by Crippen LogP contribution is -2.33. The summed E-state index contributed by atoms with van der Waals surface area (Å²) in [5, 5.41) is 2.92. The number of pyridine rings is 1. The average Bonchev–Trinajstić information content (AvgIpc) is 2.16. The first-order valence-electron chi connectivity index (χ1n) is 5.51. The maximum atomic E-state index is 11.8. The van der Waals surface area contributed by atoms with Crippen LogP contribution in [0.25, 0.3) is 0 Å². The summed E-state index contributed by atoms with van der Waals surface area (Å²) in [7, 11) is 0. The molecule has 0 aliphatic carbocycles. The molecule has 0 radical (unpaired) electrons. The van der Waals surface area contributed by atoms with Crippen molar-refractivity contribution in [3.63, 3.8) is 0 Å². The lowest BCUT2D eigenvalue weighted by atomic mass is 10.0. The normalized spacial score (nSPS) is 12.5. The smallest absolute Gasteiger partial charge is 0.253 e. The Kier molecular flexibility index (Phi) is 4.28. The molecule has 1 unspecified atom stereocenters. The number of nitrogens with one attached hydrogen (secondary N) is 1. The second kappa shape index (κ2) is 5.49. The van der Waals surface area contributed by atoms with Crippen molar-refractivity contribution in [2.75, 3.05) is 5.73 Å². The molecule has 1 aromatic heterocycles. The summed E-state index contributed by atoms with van der Waals surface area (Å²) in [6.07, 6.45) is 4.01. The molecule has 0 spiro atoms. The van der Waals surface area contributed by atoms with Crippen LogP contribution in [0.2, 0.25) is 0 Å². The fraction of sp³-hybridized carbons (Fsp3) is 0.500. The van der Waals surface area contributed by atoms with E-state index in [2.05, 4.69) is 24.1 Å². The Morgan fingerprint density at radius 2 is 2.19 bits per heavy atom. The van der Waals surface area contributed by atoms with Gasteiger partial charge in [0.2, 0.25) is 0 Å². The molecule has 0 aliphatic rings. The SMILES string of the molecule is CC(C)CC(C)NC(=O)c1ccncc1N. The van der Waals surface area contributed by atoms with Gasteiger partial charge in [0.1, 0.15) is 0 Å². The number of carbonyl (C=O) groups excluding carboxylic acids is 1. The molecular formula is C12H19N3O. The summed E-state index contributed by atoms with van der Waals surface area (Å²) in [6.45, 7) is 6.25. The fourth-order valence-corrected chi connectivity index (χ4v) is 1.68. The minimum atomic E-state index is -0.131. The molecule has 1 heterocycles. The molecule has 0 bridgehead atoms. The number of nitrogens with two attached hydrogens (primary N) is 1. The van der Waals surface area contributed by atoms with Gasteiger partial charge in [0.25, 0.3) is 5.91 Å². The van der Waals surface area contributed by atoms with Crippen molar-refractivity contribution in [2.24, 2.45) is 5.92 Å². The van der Waals surface area contributed by atoms with Gasteiger partial charge in [-0.25, -0.2) is 0 Å². The topological polar surface area (TPSA) is 68.0 Å². The van der Waals surface area contributed by atoms with Crippen molar-refractivity contribution >= 4 is 11.6 Å². The zero-order valence-corrected chi connectivity index (χ0v) is 10.0. The summed E-state index contributed by atoms with van der Waals surface area (Å²) >= 11 is 0. The maximum absolute atomic E-state index is 11.8.